The van der Waals surface area contributed by atoms with Crippen molar-refractivity contribution >= 4 is 21.8 Å². The van der Waals surface area contributed by atoms with Gasteiger partial charge < -0.3 is 14.4 Å². The van der Waals surface area contributed by atoms with E-state index in [-0.39, 0.29) is 17.8 Å². The van der Waals surface area contributed by atoms with Crippen LogP contribution >= 0.6 is 0 Å². The van der Waals surface area contributed by atoms with E-state index in [1.165, 1.54) is 0 Å². The summed E-state index contributed by atoms with van der Waals surface area (Å²) in [7, 11) is -3.60. The molecule has 6 nitrogen and oxygen atoms in total. The monoisotopic (exact) mass is 390 g/mol. The van der Waals surface area contributed by atoms with Crippen LogP contribution in [-0.4, -0.2) is 31.6 Å². The minimum atomic E-state index is -3.60. The van der Waals surface area contributed by atoms with Crippen molar-refractivity contribution in [2.75, 3.05) is 11.6 Å². The first-order valence-electron chi connectivity index (χ1n) is 8.80. The van der Waals surface area contributed by atoms with E-state index in [9.17, 15) is 13.2 Å². The summed E-state index contributed by atoms with van der Waals surface area (Å²) in [6.07, 6.45) is 1.79. The first-order valence-corrected chi connectivity index (χ1v) is 10.6. The van der Waals surface area contributed by atoms with E-state index >= 15 is 0 Å². The van der Waals surface area contributed by atoms with Gasteiger partial charge in [0.2, 0.25) is 0 Å². The van der Waals surface area contributed by atoms with Gasteiger partial charge in [0.1, 0.15) is 5.75 Å². The predicted octanol–water partition coefficient (Wildman–Crippen LogP) is 4.17. The Balaban J connectivity index is 2.17. The normalized spacial score (nSPS) is 12.3. The highest BCUT2D eigenvalue weighted by Crippen LogP contribution is 2.19. The molecule has 1 N–H and O–H groups in total. The number of hydrogen-bond donors (Lipinski definition) is 1. The summed E-state index contributed by atoms with van der Waals surface area (Å²) >= 11 is 0. The lowest BCUT2D eigenvalue weighted by Gasteiger charge is -2.29. The van der Waals surface area contributed by atoms with E-state index in [1.807, 2.05) is 51.1 Å². The Labute approximate surface area is 161 Å². The van der Waals surface area contributed by atoms with E-state index in [0.717, 1.165) is 29.5 Å². The fourth-order valence-corrected chi connectivity index (χ4v) is 3.00. The standard InChI is InChI=1S/C20H26N2O4S/c1-5-16(3)22(20(23)21-18-11-9-15(2)10-12-18)14-17-7-6-8-19(13-17)26-27(4,24)25/h6-13,16H,5,14H2,1-4H3,(H,21,23)/t16-/m1/s1. The molecule has 0 heterocycles. The van der Waals surface area contributed by atoms with Crippen LogP contribution in [0.1, 0.15) is 31.4 Å². The maximum Gasteiger partial charge on any atom is 0.322 e. The first-order chi connectivity index (χ1) is 12.7. The van der Waals surface area contributed by atoms with Gasteiger partial charge in [-0.3, -0.25) is 0 Å². The molecule has 7 heteroatoms. The second-order valence-electron chi connectivity index (χ2n) is 6.62. The van der Waals surface area contributed by atoms with Crippen molar-refractivity contribution in [3.8, 4) is 5.75 Å². The Morgan fingerprint density at radius 2 is 1.85 bits per heavy atom. The SMILES string of the molecule is CC[C@@H](C)N(Cc1cccc(OS(C)(=O)=O)c1)C(=O)Nc1ccc(C)cc1. The largest absolute Gasteiger partial charge is 0.383 e. The molecule has 2 aromatic carbocycles. The van der Waals surface area contributed by atoms with Crippen LogP contribution in [-0.2, 0) is 16.7 Å². The van der Waals surface area contributed by atoms with Crippen LogP contribution in [0, 0.1) is 6.92 Å². The summed E-state index contributed by atoms with van der Waals surface area (Å²) in [5.74, 6) is 0.234. The van der Waals surface area contributed by atoms with Gasteiger partial charge in [-0.15, -0.1) is 0 Å². The predicted molar refractivity (Wildman–Crippen MR) is 107 cm³/mol. The maximum absolute atomic E-state index is 12.8. The number of nitrogens with zero attached hydrogens (tertiary/aromatic N) is 1. The molecule has 0 aliphatic carbocycles. The molecule has 0 aliphatic heterocycles. The van der Waals surface area contributed by atoms with Gasteiger partial charge in [-0.25, -0.2) is 4.79 Å². The molecule has 27 heavy (non-hydrogen) atoms. The molecular formula is C20H26N2O4S. The van der Waals surface area contributed by atoms with Gasteiger partial charge in [-0.2, -0.15) is 8.42 Å². The van der Waals surface area contributed by atoms with Gasteiger partial charge in [0.05, 0.1) is 6.26 Å². The summed E-state index contributed by atoms with van der Waals surface area (Å²) in [5, 5.41) is 2.92. The Hall–Kier alpha value is -2.54. The third-order valence-corrected chi connectivity index (χ3v) is 4.68. The molecule has 0 fully saturated rings. The average molecular weight is 391 g/mol. The minimum absolute atomic E-state index is 0.00920. The zero-order valence-electron chi connectivity index (χ0n) is 16.1. The summed E-state index contributed by atoms with van der Waals surface area (Å²) < 4.78 is 27.6. The van der Waals surface area contributed by atoms with Crippen molar-refractivity contribution in [2.24, 2.45) is 0 Å². The van der Waals surface area contributed by atoms with Crippen molar-refractivity contribution < 1.29 is 17.4 Å². The highest BCUT2D eigenvalue weighted by molar-refractivity contribution is 7.86. The Kier molecular flexibility index (Phi) is 6.85. The zero-order valence-corrected chi connectivity index (χ0v) is 16.9. The third-order valence-electron chi connectivity index (χ3n) is 4.19. The molecule has 0 spiro atoms. The molecule has 0 unspecified atom stereocenters. The fourth-order valence-electron chi connectivity index (χ4n) is 2.55. The van der Waals surface area contributed by atoms with E-state index in [1.54, 1.807) is 23.1 Å². The lowest BCUT2D eigenvalue weighted by molar-refractivity contribution is 0.187. The molecule has 0 aliphatic rings. The van der Waals surface area contributed by atoms with Crippen LogP contribution < -0.4 is 9.50 Å². The molecule has 0 aromatic heterocycles. The van der Waals surface area contributed by atoms with Crippen molar-refractivity contribution in [1.82, 2.24) is 4.90 Å². The third kappa shape index (κ3) is 6.60. The summed E-state index contributed by atoms with van der Waals surface area (Å²) in [6.45, 7) is 6.32. The number of benzene rings is 2. The number of carbonyl (C=O) groups excluding carboxylic acids is 1. The first kappa shape index (κ1) is 20.8. The molecule has 2 amide bonds. The number of aryl methyl sites for hydroxylation is 1. The van der Waals surface area contributed by atoms with E-state index < -0.39 is 10.1 Å². The highest BCUT2D eigenvalue weighted by Gasteiger charge is 2.20. The Bertz CT molecular complexity index is 879. The number of nitrogens with one attached hydrogen (secondary N) is 1. The molecule has 2 rings (SSSR count). The number of urea groups is 1. The van der Waals surface area contributed by atoms with Crippen LogP contribution in [0.3, 0.4) is 0 Å². The van der Waals surface area contributed by atoms with Gasteiger partial charge in [-0.1, -0.05) is 36.8 Å². The lowest BCUT2D eigenvalue weighted by Crippen LogP contribution is -2.40. The number of hydrogen-bond acceptors (Lipinski definition) is 4. The van der Waals surface area contributed by atoms with E-state index in [0.29, 0.717) is 6.54 Å². The number of rotatable bonds is 7. The molecule has 0 saturated heterocycles. The summed E-state index contributed by atoms with van der Waals surface area (Å²) in [4.78, 5) is 14.5. The fraction of sp³-hybridized carbons (Fsp3) is 0.350. The molecule has 0 bridgehead atoms. The minimum Gasteiger partial charge on any atom is -0.383 e. The molecule has 2 aromatic rings. The second-order valence-corrected chi connectivity index (χ2v) is 8.19. The van der Waals surface area contributed by atoms with E-state index in [2.05, 4.69) is 5.32 Å². The van der Waals surface area contributed by atoms with Crippen LogP contribution in [0.2, 0.25) is 0 Å². The van der Waals surface area contributed by atoms with Crippen molar-refractivity contribution in [2.45, 2.75) is 39.8 Å². The smallest absolute Gasteiger partial charge is 0.322 e. The van der Waals surface area contributed by atoms with Gasteiger partial charge >= 0.3 is 16.1 Å². The van der Waals surface area contributed by atoms with Crippen molar-refractivity contribution in [1.29, 1.82) is 0 Å². The van der Waals surface area contributed by atoms with Gasteiger partial charge in [0.15, 0.2) is 0 Å². The van der Waals surface area contributed by atoms with Gasteiger partial charge in [0, 0.05) is 18.3 Å². The van der Waals surface area contributed by atoms with Crippen LogP contribution in [0.4, 0.5) is 10.5 Å². The molecule has 0 saturated carbocycles. The second kappa shape index (κ2) is 8.90. The Morgan fingerprint density at radius 3 is 2.44 bits per heavy atom. The number of anilines is 1. The number of amides is 2. The summed E-state index contributed by atoms with van der Waals surface area (Å²) in [5.41, 5.74) is 2.64. The van der Waals surface area contributed by atoms with Crippen molar-refractivity contribution in [3.63, 3.8) is 0 Å². The highest BCUT2D eigenvalue weighted by atomic mass is 32.2. The molecule has 146 valence electrons. The van der Waals surface area contributed by atoms with Gasteiger partial charge in [0.25, 0.3) is 0 Å². The molecule has 1 atom stereocenters. The van der Waals surface area contributed by atoms with Crippen LogP contribution in [0.5, 0.6) is 5.75 Å². The average Bonchev–Trinajstić information content (AvgIpc) is 2.60. The molecular weight excluding hydrogens is 364 g/mol. The quantitative estimate of drug-likeness (QED) is 0.720. The zero-order chi connectivity index (χ0) is 20.0. The van der Waals surface area contributed by atoms with Gasteiger partial charge in [-0.05, 0) is 50.1 Å². The number of carbonyl (C=O) groups is 1. The van der Waals surface area contributed by atoms with E-state index in [4.69, 9.17) is 4.18 Å². The van der Waals surface area contributed by atoms with Crippen LogP contribution in [0.15, 0.2) is 48.5 Å². The van der Waals surface area contributed by atoms with Crippen molar-refractivity contribution in [3.05, 3.63) is 59.7 Å². The topological polar surface area (TPSA) is 75.7 Å². The molecule has 0 radical (unpaired) electrons. The summed E-state index contributed by atoms with van der Waals surface area (Å²) in [6, 6.07) is 14.2. The Morgan fingerprint density at radius 1 is 1.19 bits per heavy atom. The maximum atomic E-state index is 12.8. The van der Waals surface area contributed by atoms with Crippen LogP contribution in [0.25, 0.3) is 0 Å². The lowest BCUT2D eigenvalue weighted by atomic mass is 10.1.